The zero-order valence-corrected chi connectivity index (χ0v) is 9.62. The van der Waals surface area contributed by atoms with E-state index >= 15 is 0 Å². The molecule has 0 saturated carbocycles. The van der Waals surface area contributed by atoms with Crippen molar-refractivity contribution >= 4 is 11.6 Å². The zero-order chi connectivity index (χ0) is 12.3. The number of rotatable bonds is 4. The SMILES string of the molecule is COCn1cc(NC(=O)c2ccn(C)n2)cn1. The van der Waals surface area contributed by atoms with Gasteiger partial charge in [-0.25, -0.2) is 4.68 Å². The largest absolute Gasteiger partial charge is 0.362 e. The molecule has 0 aromatic carbocycles. The van der Waals surface area contributed by atoms with E-state index in [0.717, 1.165) is 0 Å². The van der Waals surface area contributed by atoms with Gasteiger partial charge in [-0.15, -0.1) is 0 Å². The first-order valence-corrected chi connectivity index (χ1v) is 5.01. The summed E-state index contributed by atoms with van der Waals surface area (Å²) in [5, 5.41) is 10.7. The van der Waals surface area contributed by atoms with Gasteiger partial charge in [0, 0.05) is 20.4 Å². The van der Waals surface area contributed by atoms with Crippen LogP contribution in [0.25, 0.3) is 0 Å². The molecule has 2 rings (SSSR count). The smallest absolute Gasteiger partial charge is 0.276 e. The lowest BCUT2D eigenvalue weighted by Crippen LogP contribution is -2.12. The molecule has 0 fully saturated rings. The number of amides is 1. The molecular formula is C10H13N5O2. The standard InChI is InChI=1S/C10H13N5O2/c1-14-4-3-9(13-14)10(16)12-8-5-11-15(6-8)7-17-2/h3-6H,7H2,1-2H3,(H,12,16). The van der Waals surface area contributed by atoms with Gasteiger partial charge in [0.15, 0.2) is 5.69 Å². The van der Waals surface area contributed by atoms with Crippen LogP contribution in [0.5, 0.6) is 0 Å². The molecule has 0 bridgehead atoms. The molecule has 1 amide bonds. The number of aryl methyl sites for hydroxylation is 1. The van der Waals surface area contributed by atoms with Gasteiger partial charge in [0.25, 0.3) is 5.91 Å². The topological polar surface area (TPSA) is 74.0 Å². The predicted molar refractivity (Wildman–Crippen MR) is 60.4 cm³/mol. The van der Waals surface area contributed by atoms with Gasteiger partial charge in [-0.05, 0) is 6.07 Å². The monoisotopic (exact) mass is 235 g/mol. The number of ether oxygens (including phenoxy) is 1. The second kappa shape index (κ2) is 4.79. The highest BCUT2D eigenvalue weighted by Gasteiger charge is 2.09. The first-order chi connectivity index (χ1) is 8.19. The molecule has 0 aliphatic heterocycles. The quantitative estimate of drug-likeness (QED) is 0.836. The fraction of sp³-hybridized carbons (Fsp3) is 0.300. The summed E-state index contributed by atoms with van der Waals surface area (Å²) in [4.78, 5) is 11.7. The number of hydrogen-bond donors (Lipinski definition) is 1. The number of methoxy groups -OCH3 is 1. The molecule has 90 valence electrons. The predicted octanol–water partition coefficient (Wildman–Crippen LogP) is 0.473. The van der Waals surface area contributed by atoms with Crippen molar-refractivity contribution in [3.05, 3.63) is 30.4 Å². The van der Waals surface area contributed by atoms with E-state index in [2.05, 4.69) is 15.5 Å². The third kappa shape index (κ3) is 2.70. The average Bonchev–Trinajstić information content (AvgIpc) is 2.88. The minimum atomic E-state index is -0.262. The summed E-state index contributed by atoms with van der Waals surface area (Å²) in [6.07, 6.45) is 4.95. The summed E-state index contributed by atoms with van der Waals surface area (Å²) in [5.74, 6) is -0.262. The van der Waals surface area contributed by atoms with Crippen LogP contribution < -0.4 is 5.32 Å². The molecule has 0 atom stereocenters. The van der Waals surface area contributed by atoms with Gasteiger partial charge < -0.3 is 10.1 Å². The molecule has 0 spiro atoms. The molecule has 17 heavy (non-hydrogen) atoms. The van der Waals surface area contributed by atoms with Crippen molar-refractivity contribution in [2.45, 2.75) is 6.73 Å². The van der Waals surface area contributed by atoms with Gasteiger partial charge in [-0.3, -0.25) is 9.48 Å². The maximum absolute atomic E-state index is 11.7. The van der Waals surface area contributed by atoms with E-state index < -0.39 is 0 Å². The maximum atomic E-state index is 11.7. The van der Waals surface area contributed by atoms with E-state index in [1.807, 2.05) is 0 Å². The van der Waals surface area contributed by atoms with Crippen LogP contribution in [-0.2, 0) is 18.5 Å². The summed E-state index contributed by atoms with van der Waals surface area (Å²) in [6, 6.07) is 1.65. The minimum Gasteiger partial charge on any atom is -0.362 e. The van der Waals surface area contributed by atoms with Crippen molar-refractivity contribution in [2.24, 2.45) is 7.05 Å². The summed E-state index contributed by atoms with van der Waals surface area (Å²) in [6.45, 7) is 0.347. The fourth-order valence-corrected chi connectivity index (χ4v) is 1.36. The molecule has 2 aromatic rings. The average molecular weight is 235 g/mol. The molecule has 0 saturated heterocycles. The second-order valence-electron chi connectivity index (χ2n) is 3.52. The molecule has 0 aliphatic rings. The van der Waals surface area contributed by atoms with Crippen molar-refractivity contribution < 1.29 is 9.53 Å². The highest BCUT2D eigenvalue weighted by molar-refractivity contribution is 6.02. The number of hydrogen-bond acceptors (Lipinski definition) is 4. The first-order valence-electron chi connectivity index (χ1n) is 5.01. The molecule has 7 heteroatoms. The summed E-state index contributed by atoms with van der Waals surface area (Å²) >= 11 is 0. The molecule has 1 N–H and O–H groups in total. The van der Waals surface area contributed by atoms with E-state index in [0.29, 0.717) is 18.1 Å². The fourth-order valence-electron chi connectivity index (χ4n) is 1.36. The Balaban J connectivity index is 2.02. The van der Waals surface area contributed by atoms with Crippen LogP contribution in [0, 0.1) is 0 Å². The van der Waals surface area contributed by atoms with E-state index in [-0.39, 0.29) is 5.91 Å². The van der Waals surface area contributed by atoms with Gasteiger partial charge in [-0.2, -0.15) is 10.2 Å². The van der Waals surface area contributed by atoms with Crippen LogP contribution in [0.4, 0.5) is 5.69 Å². The van der Waals surface area contributed by atoms with Crippen LogP contribution in [-0.4, -0.2) is 32.6 Å². The van der Waals surface area contributed by atoms with Gasteiger partial charge in [0.05, 0.1) is 18.1 Å². The molecule has 2 aromatic heterocycles. The van der Waals surface area contributed by atoms with Gasteiger partial charge in [0.2, 0.25) is 0 Å². The molecule has 0 aliphatic carbocycles. The molecular weight excluding hydrogens is 222 g/mol. The highest BCUT2D eigenvalue weighted by atomic mass is 16.5. The molecule has 0 radical (unpaired) electrons. The number of anilines is 1. The van der Waals surface area contributed by atoms with Crippen LogP contribution in [0.15, 0.2) is 24.7 Å². The lowest BCUT2D eigenvalue weighted by molar-refractivity contribution is 0.102. The minimum absolute atomic E-state index is 0.262. The van der Waals surface area contributed by atoms with E-state index in [9.17, 15) is 4.79 Å². The van der Waals surface area contributed by atoms with Crippen molar-refractivity contribution in [3.63, 3.8) is 0 Å². The summed E-state index contributed by atoms with van der Waals surface area (Å²) in [7, 11) is 3.33. The van der Waals surface area contributed by atoms with Crippen LogP contribution >= 0.6 is 0 Å². The van der Waals surface area contributed by atoms with E-state index in [4.69, 9.17) is 4.74 Å². The van der Waals surface area contributed by atoms with Gasteiger partial charge in [0.1, 0.15) is 6.73 Å². The van der Waals surface area contributed by atoms with Crippen LogP contribution in [0.3, 0.4) is 0 Å². The lowest BCUT2D eigenvalue weighted by atomic mass is 10.4. The number of carbonyl (C=O) groups excluding carboxylic acids is 1. The molecule has 0 unspecified atom stereocenters. The number of nitrogens with one attached hydrogen (secondary N) is 1. The lowest BCUT2D eigenvalue weighted by Gasteiger charge is -1.99. The van der Waals surface area contributed by atoms with E-state index in [1.165, 1.54) is 0 Å². The first kappa shape index (κ1) is 11.3. The van der Waals surface area contributed by atoms with Gasteiger partial charge >= 0.3 is 0 Å². The third-order valence-corrected chi connectivity index (χ3v) is 2.10. The van der Waals surface area contributed by atoms with E-state index in [1.54, 1.807) is 48.2 Å². The Morgan fingerprint density at radius 3 is 3.06 bits per heavy atom. The van der Waals surface area contributed by atoms with Crippen molar-refractivity contribution in [1.82, 2.24) is 19.6 Å². The van der Waals surface area contributed by atoms with Crippen LogP contribution in [0.1, 0.15) is 10.5 Å². The van der Waals surface area contributed by atoms with Crippen LogP contribution in [0.2, 0.25) is 0 Å². The Bertz CT molecular complexity index is 516. The maximum Gasteiger partial charge on any atom is 0.276 e. The van der Waals surface area contributed by atoms with Gasteiger partial charge in [-0.1, -0.05) is 0 Å². The number of aromatic nitrogens is 4. The normalized spacial score (nSPS) is 10.5. The Kier molecular flexibility index (Phi) is 3.20. The summed E-state index contributed by atoms with van der Waals surface area (Å²) < 4.78 is 8.06. The third-order valence-electron chi connectivity index (χ3n) is 2.10. The summed E-state index contributed by atoms with van der Waals surface area (Å²) in [5.41, 5.74) is 0.977. The number of carbonyl (C=O) groups is 1. The highest BCUT2D eigenvalue weighted by Crippen LogP contribution is 2.07. The Labute approximate surface area is 98.0 Å². The van der Waals surface area contributed by atoms with Crippen molar-refractivity contribution in [1.29, 1.82) is 0 Å². The Morgan fingerprint density at radius 2 is 2.41 bits per heavy atom. The van der Waals surface area contributed by atoms with Crippen molar-refractivity contribution in [2.75, 3.05) is 12.4 Å². The second-order valence-corrected chi connectivity index (χ2v) is 3.52. The molecule has 7 nitrogen and oxygen atoms in total. The van der Waals surface area contributed by atoms with Crippen molar-refractivity contribution in [3.8, 4) is 0 Å². The number of nitrogens with zero attached hydrogens (tertiary/aromatic N) is 4. The zero-order valence-electron chi connectivity index (χ0n) is 9.62. The molecule has 2 heterocycles. The Morgan fingerprint density at radius 1 is 1.59 bits per heavy atom. The Hall–Kier alpha value is -2.15.